The molecule has 1 aromatic rings. The minimum Gasteiger partial charge on any atom is -0.487 e. The van der Waals surface area contributed by atoms with Crippen molar-refractivity contribution in [2.45, 2.75) is 102 Å². The van der Waals surface area contributed by atoms with Gasteiger partial charge in [-0.3, -0.25) is 0 Å². The Labute approximate surface area is 149 Å². The van der Waals surface area contributed by atoms with E-state index in [-0.39, 0.29) is 5.60 Å². The first kappa shape index (κ1) is 17.8. The number of hydrogen-bond donors (Lipinski definition) is 0. The highest BCUT2D eigenvalue weighted by Gasteiger charge is 2.42. The topological polar surface area (TPSA) is 9.23 Å². The van der Waals surface area contributed by atoms with Gasteiger partial charge in [0.1, 0.15) is 11.4 Å². The van der Waals surface area contributed by atoms with E-state index in [1.165, 1.54) is 82.6 Å². The average Bonchev–Trinajstić information content (AvgIpc) is 2.66. The van der Waals surface area contributed by atoms with Crippen molar-refractivity contribution >= 4 is 0 Å². The molecule has 2 fully saturated rings. The first-order valence-corrected chi connectivity index (χ1v) is 10.6. The van der Waals surface area contributed by atoms with Crippen LogP contribution in [-0.4, -0.2) is 5.60 Å². The maximum Gasteiger partial charge on any atom is 0.120 e. The average molecular weight is 329 g/mol. The zero-order chi connectivity index (χ0) is 16.8. The molecule has 2 aliphatic carbocycles. The fraction of sp³-hybridized carbons (Fsp3) is 0.739. The van der Waals surface area contributed by atoms with Gasteiger partial charge in [0.25, 0.3) is 0 Å². The Morgan fingerprint density at radius 1 is 0.875 bits per heavy atom. The molecule has 0 spiro atoms. The number of hydrogen-bond acceptors (Lipinski definition) is 1. The lowest BCUT2D eigenvalue weighted by atomic mass is 9.69. The van der Waals surface area contributed by atoms with Crippen molar-refractivity contribution in [3.63, 3.8) is 0 Å². The molecular weight excluding hydrogens is 292 g/mol. The Morgan fingerprint density at radius 3 is 2.04 bits per heavy atom. The van der Waals surface area contributed by atoms with E-state index in [9.17, 15) is 0 Å². The van der Waals surface area contributed by atoms with Crippen LogP contribution in [0.5, 0.6) is 5.75 Å². The predicted molar refractivity (Wildman–Crippen MR) is 103 cm³/mol. The van der Waals surface area contributed by atoms with Crippen LogP contribution in [0.2, 0.25) is 0 Å². The van der Waals surface area contributed by atoms with Gasteiger partial charge in [0.05, 0.1) is 0 Å². The van der Waals surface area contributed by atoms with Crippen LogP contribution in [0.4, 0.5) is 0 Å². The van der Waals surface area contributed by atoms with Crippen molar-refractivity contribution in [2.24, 2.45) is 5.92 Å². The molecule has 2 saturated carbocycles. The van der Waals surface area contributed by atoms with Gasteiger partial charge in [-0.15, -0.1) is 0 Å². The van der Waals surface area contributed by atoms with Crippen LogP contribution < -0.4 is 4.74 Å². The second-order valence-electron chi connectivity index (χ2n) is 8.14. The normalized spacial score (nSPS) is 21.8. The van der Waals surface area contributed by atoms with E-state index >= 15 is 0 Å². The molecule has 0 amide bonds. The smallest absolute Gasteiger partial charge is 0.120 e. The SMILES string of the molecule is CCC(CC)c1ccc(OC2(C3CCCCC3)CCCCC2)cc1. The third kappa shape index (κ3) is 3.98. The molecule has 0 bridgehead atoms. The monoisotopic (exact) mass is 328 g/mol. The van der Waals surface area contributed by atoms with Gasteiger partial charge in [-0.05, 0) is 80.9 Å². The molecule has 0 atom stereocenters. The first-order chi connectivity index (χ1) is 11.8. The lowest BCUT2D eigenvalue weighted by molar-refractivity contribution is -0.0381. The minimum absolute atomic E-state index is 0.134. The molecule has 0 unspecified atom stereocenters. The Bertz CT molecular complexity index is 473. The van der Waals surface area contributed by atoms with E-state index in [1.807, 2.05) is 0 Å². The number of ether oxygens (including phenoxy) is 1. The summed E-state index contributed by atoms with van der Waals surface area (Å²) in [6, 6.07) is 9.11. The molecule has 0 radical (unpaired) electrons. The lowest BCUT2D eigenvalue weighted by Crippen LogP contribution is -2.46. The zero-order valence-electron chi connectivity index (χ0n) is 15.9. The van der Waals surface area contributed by atoms with Gasteiger partial charge in [0, 0.05) is 0 Å². The summed E-state index contributed by atoms with van der Waals surface area (Å²) in [5, 5.41) is 0. The Hall–Kier alpha value is -0.980. The molecule has 134 valence electrons. The second-order valence-corrected chi connectivity index (χ2v) is 8.14. The van der Waals surface area contributed by atoms with Crippen LogP contribution in [0, 0.1) is 5.92 Å². The maximum atomic E-state index is 6.78. The third-order valence-corrected chi connectivity index (χ3v) is 6.71. The highest BCUT2D eigenvalue weighted by molar-refractivity contribution is 5.30. The zero-order valence-corrected chi connectivity index (χ0v) is 15.9. The molecular formula is C23H36O. The van der Waals surface area contributed by atoms with Crippen molar-refractivity contribution in [1.82, 2.24) is 0 Å². The van der Waals surface area contributed by atoms with Crippen molar-refractivity contribution in [3.05, 3.63) is 29.8 Å². The quantitative estimate of drug-likeness (QED) is 0.534. The first-order valence-electron chi connectivity index (χ1n) is 10.6. The summed E-state index contributed by atoms with van der Waals surface area (Å²) in [5.41, 5.74) is 1.61. The molecule has 1 nitrogen and oxygen atoms in total. The van der Waals surface area contributed by atoms with Crippen LogP contribution in [0.1, 0.15) is 102 Å². The molecule has 2 aliphatic rings. The van der Waals surface area contributed by atoms with Crippen molar-refractivity contribution < 1.29 is 4.74 Å². The summed E-state index contributed by atoms with van der Waals surface area (Å²) in [4.78, 5) is 0. The molecule has 0 N–H and O–H groups in total. The van der Waals surface area contributed by atoms with Crippen molar-refractivity contribution in [3.8, 4) is 5.75 Å². The fourth-order valence-electron chi connectivity index (χ4n) is 5.18. The minimum atomic E-state index is 0.134. The molecule has 1 aromatic carbocycles. The lowest BCUT2D eigenvalue weighted by Gasteiger charge is -2.45. The summed E-state index contributed by atoms with van der Waals surface area (Å²) in [5.74, 6) is 2.59. The van der Waals surface area contributed by atoms with E-state index in [4.69, 9.17) is 4.74 Å². The predicted octanol–water partition coefficient (Wildman–Crippen LogP) is 7.25. The Kier molecular flexibility index (Phi) is 6.25. The van der Waals surface area contributed by atoms with Gasteiger partial charge in [0.15, 0.2) is 0 Å². The summed E-state index contributed by atoms with van der Waals surface area (Å²) in [6.45, 7) is 4.58. The summed E-state index contributed by atoms with van der Waals surface area (Å²) in [6.07, 6.45) is 16.1. The Morgan fingerprint density at radius 2 is 1.46 bits per heavy atom. The van der Waals surface area contributed by atoms with Crippen molar-refractivity contribution in [2.75, 3.05) is 0 Å². The highest BCUT2D eigenvalue weighted by atomic mass is 16.5. The van der Waals surface area contributed by atoms with Gasteiger partial charge in [0.2, 0.25) is 0 Å². The molecule has 1 heteroatoms. The third-order valence-electron chi connectivity index (χ3n) is 6.71. The van der Waals surface area contributed by atoms with Gasteiger partial charge in [-0.1, -0.05) is 51.7 Å². The summed E-state index contributed by atoms with van der Waals surface area (Å²) >= 11 is 0. The van der Waals surface area contributed by atoms with Crippen LogP contribution in [-0.2, 0) is 0 Å². The van der Waals surface area contributed by atoms with Crippen LogP contribution >= 0.6 is 0 Å². The second kappa shape index (κ2) is 8.41. The van der Waals surface area contributed by atoms with Crippen LogP contribution in [0.15, 0.2) is 24.3 Å². The van der Waals surface area contributed by atoms with E-state index in [0.29, 0.717) is 5.92 Å². The largest absolute Gasteiger partial charge is 0.487 e. The van der Waals surface area contributed by atoms with Gasteiger partial charge in [-0.25, -0.2) is 0 Å². The molecule has 0 saturated heterocycles. The molecule has 24 heavy (non-hydrogen) atoms. The van der Waals surface area contributed by atoms with E-state index in [0.717, 1.165) is 11.7 Å². The Balaban J connectivity index is 1.74. The molecule has 3 rings (SSSR count). The molecule has 0 aliphatic heterocycles. The highest BCUT2D eigenvalue weighted by Crippen LogP contribution is 2.44. The summed E-state index contributed by atoms with van der Waals surface area (Å²) < 4.78 is 6.78. The standard InChI is InChI=1S/C23H36O/c1-3-19(4-2)20-13-15-22(16-14-20)24-23(17-9-6-10-18-23)21-11-7-5-8-12-21/h13-16,19,21H,3-12,17-18H2,1-2H3. The van der Waals surface area contributed by atoms with Gasteiger partial charge in [-0.2, -0.15) is 0 Å². The number of rotatable bonds is 6. The van der Waals surface area contributed by atoms with E-state index in [1.54, 1.807) is 0 Å². The van der Waals surface area contributed by atoms with Gasteiger partial charge >= 0.3 is 0 Å². The van der Waals surface area contributed by atoms with E-state index < -0.39 is 0 Å². The fourth-order valence-corrected chi connectivity index (χ4v) is 5.18. The van der Waals surface area contributed by atoms with E-state index in [2.05, 4.69) is 38.1 Å². The number of benzene rings is 1. The van der Waals surface area contributed by atoms with Crippen molar-refractivity contribution in [1.29, 1.82) is 0 Å². The molecule has 0 aromatic heterocycles. The van der Waals surface area contributed by atoms with Gasteiger partial charge < -0.3 is 4.74 Å². The molecule has 0 heterocycles. The van der Waals surface area contributed by atoms with Crippen LogP contribution in [0.3, 0.4) is 0 Å². The summed E-state index contributed by atoms with van der Waals surface area (Å²) in [7, 11) is 0. The maximum absolute atomic E-state index is 6.78. The van der Waals surface area contributed by atoms with Crippen LogP contribution in [0.25, 0.3) is 0 Å².